The minimum absolute atomic E-state index is 0.142. The van der Waals surface area contributed by atoms with Crippen molar-refractivity contribution in [2.24, 2.45) is 5.92 Å². The number of nitrogens with one attached hydrogen (secondary N) is 2. The summed E-state index contributed by atoms with van der Waals surface area (Å²) < 4.78 is 5.10. The van der Waals surface area contributed by atoms with Gasteiger partial charge in [-0.05, 0) is 42.9 Å². The first-order chi connectivity index (χ1) is 11.6. The molecule has 124 valence electrons. The Morgan fingerprint density at radius 3 is 3.00 bits per heavy atom. The van der Waals surface area contributed by atoms with E-state index < -0.39 is 11.8 Å². The lowest BCUT2D eigenvalue weighted by atomic mass is 9.89. The zero-order valence-electron chi connectivity index (χ0n) is 13.2. The molecule has 0 aromatic carbocycles. The van der Waals surface area contributed by atoms with Crippen molar-refractivity contribution in [2.75, 3.05) is 5.32 Å². The number of anilines is 1. The molecule has 0 radical (unpaired) electrons. The van der Waals surface area contributed by atoms with Gasteiger partial charge in [0.05, 0.1) is 18.4 Å². The summed E-state index contributed by atoms with van der Waals surface area (Å²) in [7, 11) is 0. The fourth-order valence-electron chi connectivity index (χ4n) is 2.78. The van der Waals surface area contributed by atoms with Crippen LogP contribution in [0.15, 0.2) is 22.8 Å². The van der Waals surface area contributed by atoms with Gasteiger partial charge in [0.1, 0.15) is 16.8 Å². The lowest BCUT2D eigenvalue weighted by molar-refractivity contribution is -0.136. The fourth-order valence-corrected chi connectivity index (χ4v) is 4.13. The summed E-state index contributed by atoms with van der Waals surface area (Å²) in [6.07, 6.45) is 4.29. The first-order valence-electron chi connectivity index (χ1n) is 7.74. The quantitative estimate of drug-likeness (QED) is 0.837. The predicted octanol–water partition coefficient (Wildman–Crippen LogP) is 2.59. The molecule has 6 nitrogen and oxygen atoms in total. The molecule has 0 bridgehead atoms. The molecule has 0 fully saturated rings. The van der Waals surface area contributed by atoms with Gasteiger partial charge in [-0.3, -0.25) is 9.59 Å². The van der Waals surface area contributed by atoms with Gasteiger partial charge in [0, 0.05) is 4.88 Å². The highest BCUT2D eigenvalue weighted by molar-refractivity contribution is 7.16. The van der Waals surface area contributed by atoms with Gasteiger partial charge in [-0.1, -0.05) is 6.92 Å². The summed E-state index contributed by atoms with van der Waals surface area (Å²) in [5.41, 5.74) is 1.51. The number of thiophene rings is 1. The molecule has 1 aliphatic carbocycles. The number of amides is 2. The Balaban J connectivity index is 1.68. The number of hydrogen-bond donors (Lipinski definition) is 2. The van der Waals surface area contributed by atoms with E-state index >= 15 is 0 Å². The van der Waals surface area contributed by atoms with Crippen LogP contribution in [-0.2, 0) is 29.0 Å². The van der Waals surface area contributed by atoms with Gasteiger partial charge in [0.25, 0.3) is 0 Å². The van der Waals surface area contributed by atoms with Crippen LogP contribution < -0.4 is 10.6 Å². The van der Waals surface area contributed by atoms with Crippen LogP contribution in [0, 0.1) is 17.2 Å². The summed E-state index contributed by atoms with van der Waals surface area (Å²) >= 11 is 1.40. The van der Waals surface area contributed by atoms with Gasteiger partial charge in [-0.25, -0.2) is 0 Å². The number of nitriles is 1. The number of fused-ring (bicyclic) bond motifs is 1. The molecule has 0 spiro atoms. The lowest BCUT2D eigenvalue weighted by Gasteiger charge is -2.17. The van der Waals surface area contributed by atoms with Crippen molar-refractivity contribution in [3.05, 3.63) is 40.2 Å². The molecule has 0 saturated carbocycles. The first-order valence-corrected chi connectivity index (χ1v) is 8.56. The third-order valence-corrected chi connectivity index (χ3v) is 5.23. The fraction of sp³-hybridized carbons (Fsp3) is 0.353. The molecule has 24 heavy (non-hydrogen) atoms. The number of nitrogens with zero attached hydrogens (tertiary/aromatic N) is 1. The van der Waals surface area contributed by atoms with E-state index in [1.165, 1.54) is 17.6 Å². The molecular formula is C17H17N3O3S. The first kappa shape index (κ1) is 16.3. The Kier molecular flexibility index (Phi) is 4.67. The molecule has 2 N–H and O–H groups in total. The third-order valence-electron chi connectivity index (χ3n) is 4.06. The summed E-state index contributed by atoms with van der Waals surface area (Å²) in [6, 6.07) is 5.58. The average Bonchev–Trinajstić information content (AvgIpc) is 3.19. The number of carbonyl (C=O) groups excluding carboxylic acids is 2. The van der Waals surface area contributed by atoms with Gasteiger partial charge in [-0.2, -0.15) is 5.26 Å². The second-order valence-electron chi connectivity index (χ2n) is 5.88. The van der Waals surface area contributed by atoms with Crippen LogP contribution in [0.4, 0.5) is 5.00 Å². The van der Waals surface area contributed by atoms with Gasteiger partial charge < -0.3 is 15.1 Å². The van der Waals surface area contributed by atoms with Crippen molar-refractivity contribution < 1.29 is 14.0 Å². The van der Waals surface area contributed by atoms with Crippen LogP contribution in [0.25, 0.3) is 0 Å². The lowest BCUT2D eigenvalue weighted by Crippen LogP contribution is -2.34. The van der Waals surface area contributed by atoms with Crippen LogP contribution in [0.5, 0.6) is 0 Å². The van der Waals surface area contributed by atoms with Gasteiger partial charge in [-0.15, -0.1) is 11.3 Å². The molecule has 7 heteroatoms. The second kappa shape index (κ2) is 6.89. The SMILES string of the molecule is C[C@H]1CCc2c(sc(NC(=O)C(=O)NCc3ccco3)c2C#N)C1. The number of rotatable bonds is 3. The van der Waals surface area contributed by atoms with Crippen LogP contribution in [0.1, 0.15) is 35.1 Å². The molecule has 2 aromatic heterocycles. The molecular weight excluding hydrogens is 326 g/mol. The normalized spacial score (nSPS) is 16.1. The Morgan fingerprint density at radius 2 is 2.29 bits per heavy atom. The Labute approximate surface area is 143 Å². The summed E-state index contributed by atoms with van der Waals surface area (Å²) in [6.45, 7) is 2.32. The van der Waals surface area contributed by atoms with Crippen molar-refractivity contribution in [1.29, 1.82) is 5.26 Å². The van der Waals surface area contributed by atoms with Crippen molar-refractivity contribution in [1.82, 2.24) is 5.32 Å². The molecule has 2 amide bonds. The molecule has 0 saturated heterocycles. The van der Waals surface area contributed by atoms with Gasteiger partial charge in [0.15, 0.2) is 0 Å². The van der Waals surface area contributed by atoms with E-state index in [9.17, 15) is 14.9 Å². The largest absolute Gasteiger partial charge is 0.467 e. The van der Waals surface area contributed by atoms with Gasteiger partial charge >= 0.3 is 11.8 Å². The number of carbonyl (C=O) groups is 2. The molecule has 1 atom stereocenters. The van der Waals surface area contributed by atoms with Crippen molar-refractivity contribution in [3.8, 4) is 6.07 Å². The molecule has 3 rings (SSSR count). The average molecular weight is 343 g/mol. The molecule has 1 aliphatic rings. The molecule has 0 aliphatic heterocycles. The maximum absolute atomic E-state index is 12.1. The zero-order chi connectivity index (χ0) is 17.1. The topological polar surface area (TPSA) is 95.1 Å². The van der Waals surface area contributed by atoms with Crippen LogP contribution >= 0.6 is 11.3 Å². The number of furan rings is 1. The van der Waals surface area contributed by atoms with Crippen LogP contribution in [-0.4, -0.2) is 11.8 Å². The van der Waals surface area contributed by atoms with Gasteiger partial charge in [0.2, 0.25) is 0 Å². The summed E-state index contributed by atoms with van der Waals surface area (Å²) in [5, 5.41) is 14.9. The smallest absolute Gasteiger partial charge is 0.314 e. The van der Waals surface area contributed by atoms with E-state index in [1.807, 2.05) is 0 Å². The van der Waals surface area contributed by atoms with Crippen LogP contribution in [0.3, 0.4) is 0 Å². The van der Waals surface area contributed by atoms with E-state index in [0.29, 0.717) is 22.2 Å². The standard InChI is InChI=1S/C17H17N3O3S/c1-10-4-5-12-13(8-18)17(24-14(12)7-10)20-16(22)15(21)19-9-11-3-2-6-23-11/h2-3,6,10H,4-5,7,9H2,1H3,(H,19,21)(H,20,22)/t10-/m0/s1. The summed E-state index contributed by atoms with van der Waals surface area (Å²) in [5.74, 6) is -0.392. The zero-order valence-corrected chi connectivity index (χ0v) is 14.0. The third kappa shape index (κ3) is 3.34. The molecule has 2 aromatic rings. The predicted molar refractivity (Wildman–Crippen MR) is 89.4 cm³/mol. The summed E-state index contributed by atoms with van der Waals surface area (Å²) in [4.78, 5) is 25.1. The Bertz CT molecular complexity index is 802. The Morgan fingerprint density at radius 1 is 1.46 bits per heavy atom. The van der Waals surface area contributed by atoms with E-state index in [2.05, 4.69) is 23.6 Å². The molecule has 0 unspecified atom stereocenters. The number of hydrogen-bond acceptors (Lipinski definition) is 5. The monoisotopic (exact) mass is 343 g/mol. The van der Waals surface area contributed by atoms with Crippen molar-refractivity contribution in [3.63, 3.8) is 0 Å². The Hall–Kier alpha value is -2.59. The van der Waals surface area contributed by atoms with E-state index in [-0.39, 0.29) is 6.54 Å². The minimum atomic E-state index is -0.773. The van der Waals surface area contributed by atoms with Crippen LogP contribution in [0.2, 0.25) is 0 Å². The van der Waals surface area contributed by atoms with Crippen molar-refractivity contribution in [2.45, 2.75) is 32.7 Å². The van der Waals surface area contributed by atoms with E-state index in [4.69, 9.17) is 4.42 Å². The van der Waals surface area contributed by atoms with Crippen molar-refractivity contribution >= 4 is 28.2 Å². The highest BCUT2D eigenvalue weighted by Crippen LogP contribution is 2.39. The van der Waals surface area contributed by atoms with E-state index in [1.54, 1.807) is 12.1 Å². The van der Waals surface area contributed by atoms with E-state index in [0.717, 1.165) is 29.7 Å². The maximum Gasteiger partial charge on any atom is 0.314 e. The second-order valence-corrected chi connectivity index (χ2v) is 6.99. The highest BCUT2D eigenvalue weighted by atomic mass is 32.1. The minimum Gasteiger partial charge on any atom is -0.467 e. The highest BCUT2D eigenvalue weighted by Gasteiger charge is 2.25. The maximum atomic E-state index is 12.1. The molecule has 2 heterocycles.